The van der Waals surface area contributed by atoms with Crippen molar-refractivity contribution in [3.63, 3.8) is 0 Å². The van der Waals surface area contributed by atoms with Crippen LogP contribution < -0.4 is 14.5 Å². The number of aromatic amines is 2. The summed E-state index contributed by atoms with van der Waals surface area (Å²) in [5.74, 6) is 1.46. The number of imidazole rings is 1. The Kier molecular flexibility index (Phi) is 4.94. The molecule has 0 aliphatic heterocycles. The average Bonchev–Trinajstić information content (AvgIpc) is 3.29. The number of fused-ring (bicyclic) bond motifs is 1. The zero-order valence-electron chi connectivity index (χ0n) is 15.0. The molecule has 10 heteroatoms. The first-order valence-corrected chi connectivity index (χ1v) is 9.39. The number of ether oxygens (including phenoxy) is 1. The minimum absolute atomic E-state index is 0.0607. The Balaban J connectivity index is 1.33. The summed E-state index contributed by atoms with van der Waals surface area (Å²) in [6.45, 7) is 1.12. The molecule has 0 spiro atoms. The predicted octanol–water partition coefficient (Wildman–Crippen LogP) is 1.91. The van der Waals surface area contributed by atoms with E-state index in [0.29, 0.717) is 30.1 Å². The lowest BCUT2D eigenvalue weighted by Gasteiger charge is -2.18. The van der Waals surface area contributed by atoms with Crippen LogP contribution in [-0.2, 0) is 6.42 Å². The molecule has 0 bridgehead atoms. The predicted molar refractivity (Wildman–Crippen MR) is 106 cm³/mol. The third kappa shape index (κ3) is 3.81. The molecular weight excluding hydrogens is 380 g/mol. The van der Waals surface area contributed by atoms with Gasteiger partial charge in [0.2, 0.25) is 5.88 Å². The maximum atomic E-state index is 11.3. The van der Waals surface area contributed by atoms with Crippen molar-refractivity contribution in [3.8, 4) is 11.6 Å². The summed E-state index contributed by atoms with van der Waals surface area (Å²) in [6, 6.07) is 7.58. The van der Waals surface area contributed by atoms with Crippen LogP contribution in [0, 0.1) is 0 Å². The van der Waals surface area contributed by atoms with E-state index in [4.69, 9.17) is 4.74 Å². The van der Waals surface area contributed by atoms with Gasteiger partial charge in [0.25, 0.3) is 0 Å². The maximum Gasteiger partial charge on any atom is 0.307 e. The maximum absolute atomic E-state index is 11.3. The van der Waals surface area contributed by atoms with E-state index in [-0.39, 0.29) is 10.8 Å². The Morgan fingerprint density at radius 1 is 1.21 bits per heavy atom. The van der Waals surface area contributed by atoms with E-state index in [1.54, 1.807) is 6.33 Å². The van der Waals surface area contributed by atoms with Gasteiger partial charge in [-0.25, -0.2) is 15.0 Å². The molecule has 0 aliphatic carbocycles. The van der Waals surface area contributed by atoms with Gasteiger partial charge in [0, 0.05) is 13.5 Å². The van der Waals surface area contributed by atoms with Crippen LogP contribution in [0.15, 0.2) is 41.7 Å². The first-order valence-electron chi connectivity index (χ1n) is 8.58. The number of rotatable bonds is 7. The molecule has 0 saturated carbocycles. The second-order valence-corrected chi connectivity index (χ2v) is 7.24. The standard InChI is InChI=1S/C18H18N6O3S/c1-24(16-14-15(20-9-19-14)21-10-22-16)6-7-27-12-4-2-11(3-5-12)8-13-17(25)23-18(26)28-13/h2-5,9-10,25H,6-8H2,1H3,(H,23,26)(H,19,20,21,22). The van der Waals surface area contributed by atoms with Crippen molar-refractivity contribution >= 4 is 28.3 Å². The number of nitrogens with one attached hydrogen (secondary N) is 2. The Morgan fingerprint density at radius 2 is 2.04 bits per heavy atom. The number of benzene rings is 1. The average molecular weight is 398 g/mol. The van der Waals surface area contributed by atoms with Crippen LogP contribution in [0.4, 0.5) is 5.82 Å². The van der Waals surface area contributed by atoms with Gasteiger partial charge >= 0.3 is 4.87 Å². The molecule has 0 radical (unpaired) electrons. The Bertz CT molecular complexity index is 1130. The van der Waals surface area contributed by atoms with Crippen molar-refractivity contribution in [1.29, 1.82) is 0 Å². The van der Waals surface area contributed by atoms with E-state index in [2.05, 4.69) is 24.9 Å². The van der Waals surface area contributed by atoms with Gasteiger partial charge in [-0.3, -0.25) is 9.78 Å². The third-order valence-corrected chi connectivity index (χ3v) is 5.12. The summed E-state index contributed by atoms with van der Waals surface area (Å²) < 4.78 is 5.81. The van der Waals surface area contributed by atoms with E-state index in [9.17, 15) is 9.90 Å². The molecule has 3 N–H and O–H groups in total. The fourth-order valence-electron chi connectivity index (χ4n) is 2.81. The second kappa shape index (κ2) is 7.69. The van der Waals surface area contributed by atoms with Gasteiger partial charge in [-0.1, -0.05) is 23.5 Å². The summed E-state index contributed by atoms with van der Waals surface area (Å²) in [7, 11) is 1.93. The van der Waals surface area contributed by atoms with Gasteiger partial charge < -0.3 is 19.7 Å². The fourth-order valence-corrected chi connectivity index (χ4v) is 3.57. The van der Waals surface area contributed by atoms with Gasteiger partial charge in [-0.05, 0) is 17.7 Å². The normalized spacial score (nSPS) is 11.0. The van der Waals surface area contributed by atoms with Crippen molar-refractivity contribution in [2.45, 2.75) is 6.42 Å². The van der Waals surface area contributed by atoms with Gasteiger partial charge in [-0.2, -0.15) is 0 Å². The van der Waals surface area contributed by atoms with E-state index < -0.39 is 0 Å². The molecule has 3 heterocycles. The number of aromatic nitrogens is 5. The molecule has 4 aromatic rings. The quantitative estimate of drug-likeness (QED) is 0.435. The van der Waals surface area contributed by atoms with Crippen LogP contribution in [0.2, 0.25) is 0 Å². The monoisotopic (exact) mass is 398 g/mol. The van der Waals surface area contributed by atoms with E-state index in [1.165, 1.54) is 6.33 Å². The highest BCUT2D eigenvalue weighted by Crippen LogP contribution is 2.22. The van der Waals surface area contributed by atoms with Crippen LogP contribution in [0.3, 0.4) is 0 Å². The van der Waals surface area contributed by atoms with Crippen molar-refractivity contribution in [1.82, 2.24) is 24.9 Å². The van der Waals surface area contributed by atoms with Crippen molar-refractivity contribution in [3.05, 3.63) is 57.0 Å². The summed E-state index contributed by atoms with van der Waals surface area (Å²) in [5.41, 5.74) is 2.41. The molecule has 1 aromatic carbocycles. The topological polar surface area (TPSA) is 120 Å². The van der Waals surface area contributed by atoms with E-state index in [0.717, 1.165) is 34.0 Å². The first-order chi connectivity index (χ1) is 13.6. The first kappa shape index (κ1) is 18.0. The zero-order chi connectivity index (χ0) is 19.5. The van der Waals surface area contributed by atoms with Gasteiger partial charge in [0.1, 0.15) is 24.2 Å². The van der Waals surface area contributed by atoms with Crippen molar-refractivity contribution in [2.24, 2.45) is 0 Å². The highest BCUT2D eigenvalue weighted by atomic mass is 32.1. The third-order valence-electron chi connectivity index (χ3n) is 4.25. The molecule has 3 aromatic heterocycles. The fraction of sp³-hybridized carbons (Fsp3) is 0.222. The summed E-state index contributed by atoms with van der Waals surface area (Å²) in [4.78, 5) is 31.6. The number of likely N-dealkylation sites (N-methyl/N-ethyl adjacent to an activating group) is 1. The molecule has 0 saturated heterocycles. The number of H-pyrrole nitrogens is 2. The largest absolute Gasteiger partial charge is 0.494 e. The van der Waals surface area contributed by atoms with Gasteiger partial charge in [0.05, 0.1) is 17.7 Å². The molecular formula is C18H18N6O3S. The number of thiazole rings is 1. The smallest absolute Gasteiger partial charge is 0.307 e. The van der Waals surface area contributed by atoms with Crippen LogP contribution in [-0.4, -0.2) is 50.2 Å². The SMILES string of the molecule is CN(CCOc1ccc(Cc2sc(=O)[nH]c2O)cc1)c1ncnc2nc[nH]c12. The second-order valence-electron chi connectivity index (χ2n) is 6.18. The number of anilines is 1. The lowest BCUT2D eigenvalue weighted by Crippen LogP contribution is -2.25. The molecule has 0 aliphatic rings. The van der Waals surface area contributed by atoms with Crippen LogP contribution in [0.1, 0.15) is 10.4 Å². The van der Waals surface area contributed by atoms with Gasteiger partial charge in [-0.15, -0.1) is 0 Å². The van der Waals surface area contributed by atoms with Crippen molar-refractivity contribution < 1.29 is 9.84 Å². The number of hydrogen-bond donors (Lipinski definition) is 3. The molecule has 0 unspecified atom stereocenters. The van der Waals surface area contributed by atoms with E-state index in [1.807, 2.05) is 36.2 Å². The number of aromatic hydroxyl groups is 1. The van der Waals surface area contributed by atoms with Crippen molar-refractivity contribution in [2.75, 3.05) is 25.1 Å². The van der Waals surface area contributed by atoms with Gasteiger partial charge in [0.15, 0.2) is 11.5 Å². The molecule has 144 valence electrons. The molecule has 28 heavy (non-hydrogen) atoms. The molecule has 0 fully saturated rings. The summed E-state index contributed by atoms with van der Waals surface area (Å²) in [5, 5.41) is 9.67. The Morgan fingerprint density at radius 3 is 2.79 bits per heavy atom. The zero-order valence-corrected chi connectivity index (χ0v) is 15.9. The highest BCUT2D eigenvalue weighted by Gasteiger charge is 2.11. The number of nitrogens with zero attached hydrogens (tertiary/aromatic N) is 4. The Labute approximate surface area is 163 Å². The highest BCUT2D eigenvalue weighted by molar-refractivity contribution is 7.09. The van der Waals surface area contributed by atoms with Crippen LogP contribution in [0.25, 0.3) is 11.2 Å². The van der Waals surface area contributed by atoms with Crippen LogP contribution >= 0.6 is 11.3 Å². The Hall–Kier alpha value is -3.40. The molecule has 0 atom stereocenters. The number of hydrogen-bond acceptors (Lipinski definition) is 8. The molecule has 9 nitrogen and oxygen atoms in total. The summed E-state index contributed by atoms with van der Waals surface area (Å²) >= 11 is 1.01. The lowest BCUT2D eigenvalue weighted by atomic mass is 10.1. The molecule has 0 amide bonds. The summed E-state index contributed by atoms with van der Waals surface area (Å²) in [6.07, 6.45) is 3.58. The minimum Gasteiger partial charge on any atom is -0.494 e. The minimum atomic E-state index is -0.257. The lowest BCUT2D eigenvalue weighted by molar-refractivity contribution is 0.325. The molecule has 4 rings (SSSR count). The van der Waals surface area contributed by atoms with Crippen LogP contribution in [0.5, 0.6) is 11.6 Å². The van der Waals surface area contributed by atoms with E-state index >= 15 is 0 Å².